The molecule has 15 heavy (non-hydrogen) atoms. The third-order valence-electron chi connectivity index (χ3n) is 3.79. The summed E-state index contributed by atoms with van der Waals surface area (Å²) in [6.45, 7) is 0.992. The molecule has 0 aromatic heterocycles. The summed E-state index contributed by atoms with van der Waals surface area (Å²) < 4.78 is 0. The second-order valence-corrected chi connectivity index (χ2v) is 5.46. The van der Waals surface area contributed by atoms with Crippen LogP contribution in [-0.4, -0.2) is 28.7 Å². The molecule has 86 valence electrons. The SMILES string of the molecule is O=C(C1CCCCC1)N1CCC[C@@H]1CBr. The van der Waals surface area contributed by atoms with Crippen molar-refractivity contribution in [2.24, 2.45) is 5.92 Å². The lowest BCUT2D eigenvalue weighted by atomic mass is 9.88. The minimum atomic E-state index is 0.346. The van der Waals surface area contributed by atoms with Crippen molar-refractivity contribution < 1.29 is 4.79 Å². The molecule has 0 aromatic carbocycles. The van der Waals surface area contributed by atoms with Crippen molar-refractivity contribution in [1.29, 1.82) is 0 Å². The fourth-order valence-electron chi connectivity index (χ4n) is 2.87. The molecule has 0 aromatic rings. The van der Waals surface area contributed by atoms with Crippen LogP contribution < -0.4 is 0 Å². The molecule has 1 aliphatic carbocycles. The van der Waals surface area contributed by atoms with Crippen LogP contribution in [0.4, 0.5) is 0 Å². The number of hydrogen-bond acceptors (Lipinski definition) is 1. The van der Waals surface area contributed by atoms with Gasteiger partial charge in [-0.1, -0.05) is 35.2 Å². The Balaban J connectivity index is 1.93. The van der Waals surface area contributed by atoms with Crippen LogP contribution in [0.25, 0.3) is 0 Å². The van der Waals surface area contributed by atoms with Crippen molar-refractivity contribution >= 4 is 21.8 Å². The van der Waals surface area contributed by atoms with Crippen molar-refractivity contribution in [3.8, 4) is 0 Å². The molecular formula is C12H20BrNO. The molecule has 2 nitrogen and oxygen atoms in total. The molecule has 1 aliphatic heterocycles. The Morgan fingerprint density at radius 3 is 2.53 bits per heavy atom. The normalized spacial score (nSPS) is 28.3. The van der Waals surface area contributed by atoms with Gasteiger partial charge in [0.15, 0.2) is 0 Å². The topological polar surface area (TPSA) is 20.3 Å². The van der Waals surface area contributed by atoms with Gasteiger partial charge in [-0.25, -0.2) is 0 Å². The summed E-state index contributed by atoms with van der Waals surface area (Å²) >= 11 is 3.52. The van der Waals surface area contributed by atoms with E-state index in [2.05, 4.69) is 20.8 Å². The average molecular weight is 274 g/mol. The van der Waals surface area contributed by atoms with Crippen LogP contribution in [0.1, 0.15) is 44.9 Å². The summed E-state index contributed by atoms with van der Waals surface area (Å²) in [6.07, 6.45) is 8.46. The molecule has 0 unspecified atom stereocenters. The van der Waals surface area contributed by atoms with Crippen LogP contribution in [0.3, 0.4) is 0 Å². The Kier molecular flexibility index (Phi) is 4.06. The van der Waals surface area contributed by atoms with Gasteiger partial charge in [-0.05, 0) is 25.7 Å². The Bertz CT molecular complexity index is 226. The first-order chi connectivity index (χ1) is 7.33. The molecule has 1 amide bonds. The fraction of sp³-hybridized carbons (Fsp3) is 0.917. The van der Waals surface area contributed by atoms with E-state index in [0.29, 0.717) is 17.9 Å². The standard InChI is InChI=1S/C12H20BrNO/c13-9-11-7-4-8-14(11)12(15)10-5-2-1-3-6-10/h10-11H,1-9H2/t11-/m1/s1. The molecule has 0 N–H and O–H groups in total. The van der Waals surface area contributed by atoms with Crippen LogP contribution in [0.2, 0.25) is 0 Å². The number of rotatable bonds is 2. The van der Waals surface area contributed by atoms with Crippen molar-refractivity contribution in [3.05, 3.63) is 0 Å². The molecule has 1 saturated heterocycles. The van der Waals surface area contributed by atoms with E-state index in [9.17, 15) is 4.79 Å². The van der Waals surface area contributed by atoms with E-state index < -0.39 is 0 Å². The van der Waals surface area contributed by atoms with Gasteiger partial charge < -0.3 is 4.90 Å². The first-order valence-corrected chi connectivity index (χ1v) is 7.31. The van der Waals surface area contributed by atoms with Crippen molar-refractivity contribution in [2.45, 2.75) is 51.0 Å². The summed E-state index contributed by atoms with van der Waals surface area (Å²) in [5, 5.41) is 0.950. The highest BCUT2D eigenvalue weighted by Gasteiger charge is 2.32. The van der Waals surface area contributed by atoms with Crippen LogP contribution in [0, 0.1) is 5.92 Å². The van der Waals surface area contributed by atoms with Gasteiger partial charge in [-0.3, -0.25) is 4.79 Å². The van der Waals surface area contributed by atoms with E-state index in [1.165, 1.54) is 32.1 Å². The van der Waals surface area contributed by atoms with Gasteiger partial charge >= 0.3 is 0 Å². The minimum absolute atomic E-state index is 0.346. The number of alkyl halides is 1. The second kappa shape index (κ2) is 5.33. The third-order valence-corrected chi connectivity index (χ3v) is 4.54. The minimum Gasteiger partial charge on any atom is -0.339 e. The lowest BCUT2D eigenvalue weighted by molar-refractivity contribution is -0.137. The van der Waals surface area contributed by atoms with Crippen LogP contribution >= 0.6 is 15.9 Å². The predicted molar refractivity (Wildman–Crippen MR) is 65.1 cm³/mol. The third kappa shape index (κ3) is 2.55. The van der Waals surface area contributed by atoms with E-state index in [1.807, 2.05) is 0 Å². The maximum absolute atomic E-state index is 12.3. The molecule has 2 fully saturated rings. The Morgan fingerprint density at radius 1 is 1.13 bits per heavy atom. The van der Waals surface area contributed by atoms with E-state index >= 15 is 0 Å². The highest BCUT2D eigenvalue weighted by molar-refractivity contribution is 9.09. The molecule has 0 radical (unpaired) electrons. The number of carbonyl (C=O) groups is 1. The molecule has 1 saturated carbocycles. The lowest BCUT2D eigenvalue weighted by Crippen LogP contribution is -2.41. The first-order valence-electron chi connectivity index (χ1n) is 6.19. The average Bonchev–Trinajstić information content (AvgIpc) is 2.77. The Hall–Kier alpha value is -0.0500. The lowest BCUT2D eigenvalue weighted by Gasteiger charge is -2.29. The van der Waals surface area contributed by atoms with Crippen molar-refractivity contribution in [3.63, 3.8) is 0 Å². The van der Waals surface area contributed by atoms with Gasteiger partial charge in [0.05, 0.1) is 0 Å². The van der Waals surface area contributed by atoms with E-state index in [-0.39, 0.29) is 0 Å². The largest absolute Gasteiger partial charge is 0.339 e. The molecule has 1 atom stereocenters. The first kappa shape index (κ1) is 11.4. The zero-order valence-corrected chi connectivity index (χ0v) is 10.8. The summed E-state index contributed by atoms with van der Waals surface area (Å²) in [5.41, 5.74) is 0. The number of nitrogens with zero attached hydrogens (tertiary/aromatic N) is 1. The highest BCUT2D eigenvalue weighted by Crippen LogP contribution is 2.29. The van der Waals surface area contributed by atoms with E-state index in [1.54, 1.807) is 0 Å². The van der Waals surface area contributed by atoms with Crippen molar-refractivity contribution in [2.75, 3.05) is 11.9 Å². The Labute approximate surface area is 101 Å². The Morgan fingerprint density at radius 2 is 1.87 bits per heavy atom. The van der Waals surface area contributed by atoms with Gasteiger partial charge in [0.2, 0.25) is 5.91 Å². The van der Waals surface area contributed by atoms with Crippen LogP contribution in [-0.2, 0) is 4.79 Å². The van der Waals surface area contributed by atoms with Crippen LogP contribution in [0.15, 0.2) is 0 Å². The monoisotopic (exact) mass is 273 g/mol. The number of likely N-dealkylation sites (tertiary alicyclic amines) is 1. The quantitative estimate of drug-likeness (QED) is 0.709. The van der Waals surface area contributed by atoms with Crippen molar-refractivity contribution in [1.82, 2.24) is 4.90 Å². The summed E-state index contributed by atoms with van der Waals surface area (Å²) in [6, 6.07) is 0.472. The van der Waals surface area contributed by atoms with Gasteiger partial charge in [0.25, 0.3) is 0 Å². The van der Waals surface area contributed by atoms with Gasteiger partial charge in [0, 0.05) is 23.8 Å². The van der Waals surface area contributed by atoms with Gasteiger partial charge in [0.1, 0.15) is 0 Å². The maximum Gasteiger partial charge on any atom is 0.225 e. The predicted octanol–water partition coefficient (Wildman–Crippen LogP) is 2.95. The number of hydrogen-bond donors (Lipinski definition) is 0. The highest BCUT2D eigenvalue weighted by atomic mass is 79.9. The number of halogens is 1. The number of carbonyl (C=O) groups excluding carboxylic acids is 1. The van der Waals surface area contributed by atoms with E-state index in [0.717, 1.165) is 24.7 Å². The molecule has 2 aliphatic rings. The fourth-order valence-corrected chi connectivity index (χ4v) is 3.54. The zero-order chi connectivity index (χ0) is 10.7. The van der Waals surface area contributed by atoms with E-state index in [4.69, 9.17) is 0 Å². The molecule has 0 bridgehead atoms. The maximum atomic E-state index is 12.3. The number of amides is 1. The van der Waals surface area contributed by atoms with Crippen LogP contribution in [0.5, 0.6) is 0 Å². The molecule has 3 heteroatoms. The molecular weight excluding hydrogens is 254 g/mol. The van der Waals surface area contributed by atoms with Gasteiger partial charge in [-0.2, -0.15) is 0 Å². The summed E-state index contributed by atoms with van der Waals surface area (Å²) in [5.74, 6) is 0.787. The molecule has 0 spiro atoms. The zero-order valence-electron chi connectivity index (χ0n) is 9.25. The second-order valence-electron chi connectivity index (χ2n) is 4.82. The molecule has 2 rings (SSSR count). The van der Waals surface area contributed by atoms with Gasteiger partial charge in [-0.15, -0.1) is 0 Å². The summed E-state index contributed by atoms with van der Waals surface area (Å²) in [4.78, 5) is 14.4. The molecule has 1 heterocycles. The smallest absolute Gasteiger partial charge is 0.225 e. The summed E-state index contributed by atoms with van der Waals surface area (Å²) in [7, 11) is 0.